The average molecular weight is 272 g/mol. The first-order valence-electron chi connectivity index (χ1n) is 4.99. The summed E-state index contributed by atoms with van der Waals surface area (Å²) in [6.07, 6.45) is -2.62. The summed E-state index contributed by atoms with van der Waals surface area (Å²) in [5.74, 6) is 0. The summed E-state index contributed by atoms with van der Waals surface area (Å²) in [6.45, 7) is 6.56. The third kappa shape index (κ3) is 9.15. The Labute approximate surface area is 98.8 Å². The fourth-order valence-corrected chi connectivity index (χ4v) is 2.36. The Kier molecular flexibility index (Phi) is 7.43. The van der Waals surface area contributed by atoms with Gasteiger partial charge in [0.1, 0.15) is 6.16 Å². The lowest BCUT2D eigenvalue weighted by atomic mass is 10.5. The first-order chi connectivity index (χ1) is 7.83. The van der Waals surface area contributed by atoms with Crippen LogP contribution in [0.2, 0.25) is 0 Å². The van der Waals surface area contributed by atoms with Crippen LogP contribution in [0.3, 0.4) is 0 Å². The molecule has 0 aliphatic rings. The van der Waals surface area contributed by atoms with Crippen molar-refractivity contribution in [3.8, 4) is 0 Å². The van der Waals surface area contributed by atoms with Crippen LogP contribution in [0, 0.1) is 0 Å². The molecular formula is C10H16F3O3P. The number of hydrogen-bond acceptors (Lipinski definition) is 3. The number of halogens is 3. The van der Waals surface area contributed by atoms with Crippen molar-refractivity contribution < 1.29 is 26.8 Å². The SMILES string of the molecule is C=CCCOP(=O)(CC(F)(F)F)OCCC=C. The van der Waals surface area contributed by atoms with Crippen molar-refractivity contribution in [2.24, 2.45) is 0 Å². The number of hydrogen-bond donors (Lipinski definition) is 0. The summed E-state index contributed by atoms with van der Waals surface area (Å²) in [6, 6.07) is 0. The van der Waals surface area contributed by atoms with Crippen molar-refractivity contribution >= 4 is 7.60 Å². The minimum Gasteiger partial charge on any atom is -0.308 e. The minimum absolute atomic E-state index is 0.106. The van der Waals surface area contributed by atoms with E-state index in [4.69, 9.17) is 9.05 Å². The zero-order chi connectivity index (χ0) is 13.4. The Morgan fingerprint density at radius 2 is 1.47 bits per heavy atom. The molecule has 7 heteroatoms. The number of alkyl halides is 3. The third-order valence-electron chi connectivity index (χ3n) is 1.59. The summed E-state index contributed by atoms with van der Waals surface area (Å²) < 4.78 is 57.7. The first-order valence-corrected chi connectivity index (χ1v) is 6.72. The highest BCUT2D eigenvalue weighted by atomic mass is 31.2. The Morgan fingerprint density at radius 1 is 1.06 bits per heavy atom. The van der Waals surface area contributed by atoms with Gasteiger partial charge in [0, 0.05) is 0 Å². The van der Waals surface area contributed by atoms with E-state index in [-0.39, 0.29) is 13.2 Å². The Morgan fingerprint density at radius 3 is 1.76 bits per heavy atom. The van der Waals surface area contributed by atoms with Gasteiger partial charge in [0.05, 0.1) is 13.2 Å². The van der Waals surface area contributed by atoms with Crippen molar-refractivity contribution in [1.82, 2.24) is 0 Å². The lowest BCUT2D eigenvalue weighted by molar-refractivity contribution is -0.110. The molecule has 0 bridgehead atoms. The molecule has 100 valence electrons. The van der Waals surface area contributed by atoms with Gasteiger partial charge in [-0.15, -0.1) is 13.2 Å². The highest BCUT2D eigenvalue weighted by Crippen LogP contribution is 2.52. The van der Waals surface area contributed by atoms with E-state index in [1.165, 1.54) is 12.2 Å². The quantitative estimate of drug-likeness (QED) is 0.362. The van der Waals surface area contributed by atoms with Crippen LogP contribution < -0.4 is 0 Å². The second kappa shape index (κ2) is 7.69. The summed E-state index contributed by atoms with van der Waals surface area (Å²) in [5.41, 5.74) is 0. The van der Waals surface area contributed by atoms with Gasteiger partial charge < -0.3 is 9.05 Å². The molecule has 0 aliphatic carbocycles. The van der Waals surface area contributed by atoms with Crippen LogP contribution in [-0.4, -0.2) is 25.6 Å². The summed E-state index contributed by atoms with van der Waals surface area (Å²) >= 11 is 0. The molecule has 3 nitrogen and oxygen atoms in total. The van der Waals surface area contributed by atoms with E-state index in [1.807, 2.05) is 0 Å². The predicted octanol–water partition coefficient (Wildman–Crippen LogP) is 3.93. The molecule has 0 spiro atoms. The van der Waals surface area contributed by atoms with E-state index in [1.54, 1.807) is 0 Å². The fraction of sp³-hybridized carbons (Fsp3) is 0.600. The topological polar surface area (TPSA) is 35.5 Å². The van der Waals surface area contributed by atoms with Gasteiger partial charge in [0.2, 0.25) is 0 Å². The van der Waals surface area contributed by atoms with Crippen LogP contribution in [-0.2, 0) is 13.6 Å². The molecule has 0 atom stereocenters. The van der Waals surface area contributed by atoms with Gasteiger partial charge in [-0.25, -0.2) is 0 Å². The highest BCUT2D eigenvalue weighted by molar-refractivity contribution is 7.53. The molecule has 0 heterocycles. The molecule has 0 unspecified atom stereocenters. The molecular weight excluding hydrogens is 256 g/mol. The normalized spacial score (nSPS) is 12.4. The van der Waals surface area contributed by atoms with Gasteiger partial charge in [-0.1, -0.05) is 12.2 Å². The van der Waals surface area contributed by atoms with Crippen molar-refractivity contribution in [1.29, 1.82) is 0 Å². The highest BCUT2D eigenvalue weighted by Gasteiger charge is 2.41. The second-order valence-electron chi connectivity index (χ2n) is 3.21. The van der Waals surface area contributed by atoms with Crippen molar-refractivity contribution in [2.45, 2.75) is 19.0 Å². The summed E-state index contributed by atoms with van der Waals surface area (Å²) in [5, 5.41) is 0. The third-order valence-corrected chi connectivity index (χ3v) is 3.49. The monoisotopic (exact) mass is 272 g/mol. The average Bonchev–Trinajstić information content (AvgIpc) is 2.15. The van der Waals surface area contributed by atoms with Crippen molar-refractivity contribution in [2.75, 3.05) is 19.4 Å². The molecule has 17 heavy (non-hydrogen) atoms. The maximum absolute atomic E-state index is 12.2. The van der Waals surface area contributed by atoms with Gasteiger partial charge in [-0.2, -0.15) is 13.2 Å². The maximum Gasteiger partial charge on any atom is 0.400 e. The predicted molar refractivity (Wildman–Crippen MR) is 60.1 cm³/mol. The van der Waals surface area contributed by atoms with Gasteiger partial charge in [-0.3, -0.25) is 4.57 Å². The van der Waals surface area contributed by atoms with E-state index < -0.39 is 19.9 Å². The molecule has 0 N–H and O–H groups in total. The molecule has 0 fully saturated rings. The largest absolute Gasteiger partial charge is 0.400 e. The zero-order valence-corrected chi connectivity index (χ0v) is 10.3. The molecule has 0 aromatic heterocycles. The van der Waals surface area contributed by atoms with Crippen molar-refractivity contribution in [3.63, 3.8) is 0 Å². The molecule has 0 saturated carbocycles. The molecule has 0 amide bonds. The maximum atomic E-state index is 12.2. The Bertz CT molecular complexity index is 271. The smallest absolute Gasteiger partial charge is 0.308 e. The second-order valence-corrected chi connectivity index (χ2v) is 5.26. The van der Waals surface area contributed by atoms with Crippen LogP contribution in [0.15, 0.2) is 25.3 Å². The lowest BCUT2D eigenvalue weighted by Crippen LogP contribution is -2.17. The standard InChI is InChI=1S/C10H16F3O3P/c1-3-5-7-15-17(14,9-10(11,12)13)16-8-6-4-2/h3-4H,1-2,5-9H2. The first kappa shape index (κ1) is 16.4. The van der Waals surface area contributed by atoms with Crippen LogP contribution in [0.4, 0.5) is 13.2 Å². The zero-order valence-electron chi connectivity index (χ0n) is 9.41. The van der Waals surface area contributed by atoms with E-state index in [2.05, 4.69) is 13.2 Å². The van der Waals surface area contributed by atoms with Gasteiger partial charge in [0.15, 0.2) is 0 Å². The van der Waals surface area contributed by atoms with Gasteiger partial charge in [0.25, 0.3) is 0 Å². The lowest BCUT2D eigenvalue weighted by Gasteiger charge is -2.19. The van der Waals surface area contributed by atoms with E-state index >= 15 is 0 Å². The fourth-order valence-electron chi connectivity index (χ4n) is 0.898. The van der Waals surface area contributed by atoms with E-state index in [0.717, 1.165) is 0 Å². The van der Waals surface area contributed by atoms with Crippen LogP contribution >= 0.6 is 7.60 Å². The van der Waals surface area contributed by atoms with Gasteiger partial charge in [-0.05, 0) is 12.8 Å². The van der Waals surface area contributed by atoms with Crippen LogP contribution in [0.25, 0.3) is 0 Å². The number of rotatable bonds is 9. The van der Waals surface area contributed by atoms with Crippen molar-refractivity contribution in [3.05, 3.63) is 25.3 Å². The molecule has 0 radical (unpaired) electrons. The molecule has 0 aliphatic heterocycles. The van der Waals surface area contributed by atoms with Crippen LogP contribution in [0.5, 0.6) is 0 Å². The van der Waals surface area contributed by atoms with E-state index in [0.29, 0.717) is 12.8 Å². The summed E-state index contributed by atoms with van der Waals surface area (Å²) in [4.78, 5) is 0. The molecule has 0 aromatic carbocycles. The van der Waals surface area contributed by atoms with Gasteiger partial charge >= 0.3 is 13.8 Å². The Balaban J connectivity index is 4.39. The minimum atomic E-state index is -4.59. The molecule has 0 aromatic rings. The molecule has 0 saturated heterocycles. The molecule has 0 rings (SSSR count). The van der Waals surface area contributed by atoms with Crippen LogP contribution in [0.1, 0.15) is 12.8 Å². The Hall–Kier alpha value is -0.580. The summed E-state index contributed by atoms with van der Waals surface area (Å²) in [7, 11) is -4.12. The van der Waals surface area contributed by atoms with E-state index in [9.17, 15) is 17.7 Å².